The minimum Gasteiger partial charge on any atom is -0.345 e. The van der Waals surface area contributed by atoms with Crippen LogP contribution >= 0.6 is 23.1 Å². The second kappa shape index (κ2) is 6.61. The highest BCUT2D eigenvalue weighted by Gasteiger charge is 2.09. The molecule has 5 nitrogen and oxygen atoms in total. The maximum atomic E-state index is 11.6. The highest BCUT2D eigenvalue weighted by atomic mass is 32.2. The molecule has 1 rings (SSSR count). The van der Waals surface area contributed by atoms with Crippen LogP contribution in [0.15, 0.2) is 10.4 Å². The van der Waals surface area contributed by atoms with Gasteiger partial charge in [0.2, 0.25) is 11.8 Å². The number of thiazole rings is 1. The fourth-order valence-electron chi connectivity index (χ4n) is 0.954. The number of aromatic nitrogens is 1. The minimum absolute atomic E-state index is 0.0898. The van der Waals surface area contributed by atoms with Gasteiger partial charge in [0.25, 0.3) is 0 Å². The van der Waals surface area contributed by atoms with Crippen LogP contribution in [-0.2, 0) is 9.59 Å². The lowest BCUT2D eigenvalue weighted by molar-refractivity contribution is -0.126. The van der Waals surface area contributed by atoms with Gasteiger partial charge in [0.05, 0.1) is 16.2 Å². The summed E-state index contributed by atoms with van der Waals surface area (Å²) in [6, 6.07) is 0. The summed E-state index contributed by atoms with van der Waals surface area (Å²) in [5.74, 6) is 0.344. The molecule has 0 aliphatic rings. The van der Waals surface area contributed by atoms with Gasteiger partial charge in [0, 0.05) is 20.5 Å². The first-order valence-corrected chi connectivity index (χ1v) is 6.93. The van der Waals surface area contributed by atoms with Crippen LogP contribution in [0.25, 0.3) is 0 Å². The Labute approximate surface area is 109 Å². The molecule has 0 aromatic carbocycles. The average Bonchev–Trinajstić information content (AvgIpc) is 2.71. The Morgan fingerprint density at radius 1 is 1.59 bits per heavy atom. The molecular formula is C10H15N3O2S2. The van der Waals surface area contributed by atoms with Gasteiger partial charge in [0.15, 0.2) is 5.13 Å². The van der Waals surface area contributed by atoms with Crippen molar-refractivity contribution >= 4 is 40.0 Å². The predicted octanol–water partition coefficient (Wildman–Crippen LogP) is 1.67. The maximum Gasteiger partial charge on any atom is 0.232 e. The van der Waals surface area contributed by atoms with Gasteiger partial charge in [-0.2, -0.15) is 0 Å². The first kappa shape index (κ1) is 14.0. The summed E-state index contributed by atoms with van der Waals surface area (Å²) in [4.78, 5) is 28.1. The Bertz CT molecular complexity index is 406. The summed E-state index contributed by atoms with van der Waals surface area (Å²) in [5.41, 5.74) is 0. The van der Waals surface area contributed by atoms with Gasteiger partial charge in [-0.1, -0.05) is 11.3 Å². The van der Waals surface area contributed by atoms with Crippen molar-refractivity contribution in [2.75, 3.05) is 24.7 Å². The number of nitrogens with one attached hydrogen (secondary N) is 1. The smallest absolute Gasteiger partial charge is 0.232 e. The monoisotopic (exact) mass is 273 g/mol. The molecule has 94 valence electrons. The largest absolute Gasteiger partial charge is 0.345 e. The SMILES string of the molecule is CCN(C)C(=O)CSc1cnc(NC(C)=O)s1. The summed E-state index contributed by atoms with van der Waals surface area (Å²) in [5, 5.41) is 3.17. The Kier molecular flexibility index (Phi) is 5.43. The molecule has 1 N–H and O–H groups in total. The van der Waals surface area contributed by atoms with Gasteiger partial charge in [-0.05, 0) is 6.92 Å². The third kappa shape index (κ3) is 4.74. The average molecular weight is 273 g/mol. The van der Waals surface area contributed by atoms with E-state index in [1.807, 2.05) is 6.92 Å². The summed E-state index contributed by atoms with van der Waals surface area (Å²) in [7, 11) is 1.78. The van der Waals surface area contributed by atoms with E-state index in [-0.39, 0.29) is 11.8 Å². The van der Waals surface area contributed by atoms with Crippen molar-refractivity contribution in [1.82, 2.24) is 9.88 Å². The molecule has 1 heterocycles. The molecule has 0 aliphatic heterocycles. The fourth-order valence-corrected chi connectivity index (χ4v) is 2.81. The zero-order valence-electron chi connectivity index (χ0n) is 10.0. The van der Waals surface area contributed by atoms with Crippen molar-refractivity contribution in [2.24, 2.45) is 0 Å². The molecule has 2 amide bonds. The maximum absolute atomic E-state index is 11.6. The Morgan fingerprint density at radius 2 is 2.29 bits per heavy atom. The van der Waals surface area contributed by atoms with Crippen molar-refractivity contribution in [2.45, 2.75) is 18.1 Å². The van der Waals surface area contributed by atoms with E-state index in [2.05, 4.69) is 10.3 Å². The van der Waals surface area contributed by atoms with Crippen LogP contribution < -0.4 is 5.32 Å². The third-order valence-electron chi connectivity index (χ3n) is 2.01. The molecule has 0 radical (unpaired) electrons. The van der Waals surface area contributed by atoms with E-state index in [4.69, 9.17) is 0 Å². The molecule has 0 spiro atoms. The number of hydrogen-bond acceptors (Lipinski definition) is 5. The molecule has 1 aromatic heterocycles. The fraction of sp³-hybridized carbons (Fsp3) is 0.500. The van der Waals surface area contributed by atoms with Gasteiger partial charge in [-0.3, -0.25) is 9.59 Å². The third-order valence-corrected chi connectivity index (χ3v) is 4.10. The lowest BCUT2D eigenvalue weighted by Crippen LogP contribution is -2.27. The van der Waals surface area contributed by atoms with Gasteiger partial charge in [0.1, 0.15) is 0 Å². The van der Waals surface area contributed by atoms with E-state index in [0.717, 1.165) is 4.21 Å². The molecule has 0 unspecified atom stereocenters. The summed E-state index contributed by atoms with van der Waals surface area (Å²) < 4.78 is 0.923. The topological polar surface area (TPSA) is 62.3 Å². The zero-order valence-corrected chi connectivity index (χ0v) is 11.7. The molecule has 0 saturated carbocycles. The van der Waals surface area contributed by atoms with Crippen LogP contribution in [0.3, 0.4) is 0 Å². The van der Waals surface area contributed by atoms with E-state index < -0.39 is 0 Å². The number of carbonyl (C=O) groups excluding carboxylic acids is 2. The molecule has 1 aromatic rings. The van der Waals surface area contributed by atoms with E-state index in [1.165, 1.54) is 30.0 Å². The number of hydrogen-bond donors (Lipinski definition) is 1. The molecule has 0 bridgehead atoms. The van der Waals surface area contributed by atoms with E-state index in [9.17, 15) is 9.59 Å². The predicted molar refractivity (Wildman–Crippen MR) is 70.5 cm³/mol. The van der Waals surface area contributed by atoms with Crippen molar-refractivity contribution < 1.29 is 9.59 Å². The van der Waals surface area contributed by atoms with Crippen LogP contribution in [0.4, 0.5) is 5.13 Å². The van der Waals surface area contributed by atoms with Crippen molar-refractivity contribution in [3.05, 3.63) is 6.20 Å². The standard InChI is InChI=1S/C10H15N3O2S2/c1-4-13(3)8(15)6-16-9-5-11-10(17-9)12-7(2)14/h5H,4,6H2,1-3H3,(H,11,12,14). The quantitative estimate of drug-likeness (QED) is 0.829. The van der Waals surface area contributed by atoms with Crippen LogP contribution in [0.1, 0.15) is 13.8 Å². The van der Waals surface area contributed by atoms with E-state index >= 15 is 0 Å². The highest BCUT2D eigenvalue weighted by molar-refractivity contribution is 8.01. The second-order valence-corrected chi connectivity index (χ2v) is 5.67. The van der Waals surface area contributed by atoms with Crippen LogP contribution in [-0.4, -0.2) is 41.0 Å². The van der Waals surface area contributed by atoms with E-state index in [1.54, 1.807) is 18.1 Å². The van der Waals surface area contributed by atoms with Gasteiger partial charge < -0.3 is 10.2 Å². The number of amides is 2. The molecule has 0 fully saturated rings. The number of rotatable bonds is 5. The molecule has 0 aliphatic carbocycles. The Morgan fingerprint density at radius 3 is 2.88 bits per heavy atom. The number of anilines is 1. The Balaban J connectivity index is 2.44. The van der Waals surface area contributed by atoms with Crippen LogP contribution in [0.2, 0.25) is 0 Å². The number of nitrogens with zero attached hydrogens (tertiary/aromatic N) is 2. The van der Waals surface area contributed by atoms with Crippen molar-refractivity contribution in [1.29, 1.82) is 0 Å². The van der Waals surface area contributed by atoms with Crippen LogP contribution in [0.5, 0.6) is 0 Å². The number of thioether (sulfide) groups is 1. The normalized spacial score (nSPS) is 10.1. The van der Waals surface area contributed by atoms with E-state index in [0.29, 0.717) is 17.4 Å². The summed E-state index contributed by atoms with van der Waals surface area (Å²) in [6.45, 7) is 4.08. The molecule has 7 heteroatoms. The molecule has 17 heavy (non-hydrogen) atoms. The van der Waals surface area contributed by atoms with Crippen molar-refractivity contribution in [3.8, 4) is 0 Å². The van der Waals surface area contributed by atoms with Crippen molar-refractivity contribution in [3.63, 3.8) is 0 Å². The highest BCUT2D eigenvalue weighted by Crippen LogP contribution is 2.28. The van der Waals surface area contributed by atoms with Gasteiger partial charge >= 0.3 is 0 Å². The van der Waals surface area contributed by atoms with Crippen LogP contribution in [0, 0.1) is 0 Å². The first-order valence-electron chi connectivity index (χ1n) is 5.13. The second-order valence-electron chi connectivity index (χ2n) is 3.36. The number of carbonyl (C=O) groups is 2. The summed E-state index contributed by atoms with van der Waals surface area (Å²) >= 11 is 2.81. The Hall–Kier alpha value is -1.08. The molecular weight excluding hydrogens is 258 g/mol. The molecule has 0 atom stereocenters. The van der Waals surface area contributed by atoms with Gasteiger partial charge in [-0.25, -0.2) is 4.98 Å². The summed E-state index contributed by atoms with van der Waals surface area (Å²) in [6.07, 6.45) is 1.67. The lowest BCUT2D eigenvalue weighted by atomic mass is 10.5. The first-order chi connectivity index (χ1) is 8.02. The zero-order chi connectivity index (χ0) is 12.8. The lowest BCUT2D eigenvalue weighted by Gasteiger charge is -2.13. The molecule has 0 saturated heterocycles. The minimum atomic E-state index is -0.141. The van der Waals surface area contributed by atoms with Gasteiger partial charge in [-0.15, -0.1) is 11.8 Å².